The molecule has 5 rings (SSSR count). The maximum absolute atomic E-state index is 14.3. The molecule has 4 heterocycles. The number of anilines is 1. The molecule has 0 saturated carbocycles. The van der Waals surface area contributed by atoms with E-state index in [2.05, 4.69) is 31.1 Å². The Kier molecular flexibility index (Phi) is 4.88. The molecule has 1 fully saturated rings. The minimum atomic E-state index is -0.299. The Morgan fingerprint density at radius 3 is 2.87 bits per heavy atom. The van der Waals surface area contributed by atoms with E-state index in [-0.39, 0.29) is 11.9 Å². The van der Waals surface area contributed by atoms with Crippen LogP contribution >= 0.6 is 0 Å². The maximum Gasteiger partial charge on any atom is 0.132 e. The first-order valence-electron chi connectivity index (χ1n) is 10.2. The molecule has 1 aromatic carbocycles. The van der Waals surface area contributed by atoms with Gasteiger partial charge in [-0.3, -0.25) is 15.1 Å². The van der Waals surface area contributed by atoms with Gasteiger partial charge in [0.1, 0.15) is 11.5 Å². The molecule has 0 radical (unpaired) electrons. The van der Waals surface area contributed by atoms with Gasteiger partial charge in [-0.2, -0.15) is 5.10 Å². The van der Waals surface area contributed by atoms with Gasteiger partial charge < -0.3 is 10.6 Å². The van der Waals surface area contributed by atoms with Crippen molar-refractivity contribution in [2.75, 3.05) is 18.0 Å². The summed E-state index contributed by atoms with van der Waals surface area (Å²) < 4.78 is 14.3. The van der Waals surface area contributed by atoms with Gasteiger partial charge in [-0.1, -0.05) is 12.1 Å². The summed E-state index contributed by atoms with van der Waals surface area (Å²) in [7, 11) is 0. The van der Waals surface area contributed by atoms with Gasteiger partial charge in [0.15, 0.2) is 0 Å². The maximum atomic E-state index is 14.3. The van der Waals surface area contributed by atoms with Crippen molar-refractivity contribution in [3.63, 3.8) is 0 Å². The summed E-state index contributed by atoms with van der Waals surface area (Å²) in [5.74, 6) is -0.299. The van der Waals surface area contributed by atoms with Crippen LogP contribution < -0.4 is 10.6 Å². The number of rotatable bonds is 3. The van der Waals surface area contributed by atoms with E-state index < -0.39 is 0 Å². The second-order valence-corrected chi connectivity index (χ2v) is 7.78. The molecule has 1 atom stereocenters. The van der Waals surface area contributed by atoms with Crippen LogP contribution in [0.1, 0.15) is 19.3 Å². The van der Waals surface area contributed by atoms with E-state index in [9.17, 15) is 4.39 Å². The Hall–Kier alpha value is -3.32. The molecule has 0 amide bonds. The zero-order chi connectivity index (χ0) is 20.5. The van der Waals surface area contributed by atoms with Crippen molar-refractivity contribution in [3.05, 3.63) is 60.8 Å². The fourth-order valence-corrected chi connectivity index (χ4v) is 4.05. The third-order valence-corrected chi connectivity index (χ3v) is 5.73. The summed E-state index contributed by atoms with van der Waals surface area (Å²) in [5.41, 5.74) is 10.7. The van der Waals surface area contributed by atoms with Crippen LogP contribution in [-0.2, 0) is 0 Å². The van der Waals surface area contributed by atoms with E-state index >= 15 is 0 Å². The molecule has 0 aliphatic carbocycles. The van der Waals surface area contributed by atoms with E-state index in [1.165, 1.54) is 6.07 Å². The summed E-state index contributed by atoms with van der Waals surface area (Å²) >= 11 is 0. The number of pyridine rings is 2. The van der Waals surface area contributed by atoms with Crippen molar-refractivity contribution in [1.29, 1.82) is 0 Å². The molecular formula is C23H23FN6. The average molecular weight is 402 g/mol. The number of nitrogens with two attached hydrogens (primary N) is 1. The first-order valence-corrected chi connectivity index (χ1v) is 10.2. The summed E-state index contributed by atoms with van der Waals surface area (Å²) in [6.07, 6.45) is 8.55. The normalized spacial score (nSPS) is 17.3. The molecule has 4 aromatic rings. The predicted octanol–water partition coefficient (Wildman–Crippen LogP) is 4.14. The van der Waals surface area contributed by atoms with Gasteiger partial charge in [-0.05, 0) is 43.5 Å². The third-order valence-electron chi connectivity index (χ3n) is 5.73. The summed E-state index contributed by atoms with van der Waals surface area (Å²) in [5, 5.41) is 8.11. The molecular weight excluding hydrogens is 379 g/mol. The minimum Gasteiger partial charge on any atom is -0.370 e. The number of nitrogens with one attached hydrogen (secondary N) is 1. The molecule has 7 heteroatoms. The smallest absolute Gasteiger partial charge is 0.132 e. The molecule has 0 bridgehead atoms. The Labute approximate surface area is 174 Å². The van der Waals surface area contributed by atoms with Crippen LogP contribution in [0.15, 0.2) is 55.0 Å². The van der Waals surface area contributed by atoms with E-state index in [0.29, 0.717) is 11.3 Å². The van der Waals surface area contributed by atoms with Crippen LogP contribution in [-0.4, -0.2) is 39.3 Å². The molecule has 3 aromatic heterocycles. The van der Waals surface area contributed by atoms with Gasteiger partial charge in [-0.15, -0.1) is 0 Å². The molecule has 0 spiro atoms. The quantitative estimate of drug-likeness (QED) is 0.538. The molecule has 1 aliphatic heterocycles. The van der Waals surface area contributed by atoms with Crippen molar-refractivity contribution in [1.82, 2.24) is 20.2 Å². The van der Waals surface area contributed by atoms with Crippen LogP contribution in [0.5, 0.6) is 0 Å². The first kappa shape index (κ1) is 18.7. The SMILES string of the molecule is NC1CCCN(c2cncc(-c3cc4c(-c5ccccc5F)n[nH]c4cn3)c2)CC1. The highest BCUT2D eigenvalue weighted by atomic mass is 19.1. The number of halogens is 1. The number of aromatic amines is 1. The highest BCUT2D eigenvalue weighted by Gasteiger charge is 2.17. The zero-order valence-electron chi connectivity index (χ0n) is 16.6. The standard InChI is InChI=1S/C23H23FN6/c24-20-6-2-1-5-18(20)23-19-11-21(27-14-22(19)28-29-23)15-10-17(13-26-12-15)30-8-3-4-16(25)7-9-30/h1-2,5-6,10-14,16H,3-4,7-9,25H2,(H,28,29). The van der Waals surface area contributed by atoms with E-state index in [4.69, 9.17) is 5.73 Å². The number of nitrogens with zero attached hydrogens (tertiary/aromatic N) is 4. The molecule has 1 unspecified atom stereocenters. The molecule has 152 valence electrons. The summed E-state index contributed by atoms with van der Waals surface area (Å²) in [6.45, 7) is 1.91. The number of hydrogen-bond donors (Lipinski definition) is 2. The van der Waals surface area contributed by atoms with Gasteiger partial charge >= 0.3 is 0 Å². The number of aromatic nitrogens is 4. The first-order chi connectivity index (χ1) is 14.7. The lowest BCUT2D eigenvalue weighted by molar-refractivity contribution is 0.601. The number of benzene rings is 1. The summed E-state index contributed by atoms with van der Waals surface area (Å²) in [4.78, 5) is 11.4. The van der Waals surface area contributed by atoms with Gasteiger partial charge in [0, 0.05) is 41.8 Å². The van der Waals surface area contributed by atoms with E-state index in [1.807, 2.05) is 24.5 Å². The molecule has 1 aliphatic rings. The highest BCUT2D eigenvalue weighted by Crippen LogP contribution is 2.31. The zero-order valence-corrected chi connectivity index (χ0v) is 16.6. The van der Waals surface area contributed by atoms with Crippen molar-refractivity contribution in [2.45, 2.75) is 25.3 Å². The van der Waals surface area contributed by atoms with Gasteiger partial charge in [0.2, 0.25) is 0 Å². The van der Waals surface area contributed by atoms with Crippen molar-refractivity contribution >= 4 is 16.6 Å². The third kappa shape index (κ3) is 3.52. The molecule has 3 N–H and O–H groups in total. The number of hydrogen-bond acceptors (Lipinski definition) is 5. The highest BCUT2D eigenvalue weighted by molar-refractivity contribution is 5.94. The topological polar surface area (TPSA) is 83.7 Å². The van der Waals surface area contributed by atoms with Crippen LogP contribution in [0.3, 0.4) is 0 Å². The van der Waals surface area contributed by atoms with E-state index in [0.717, 1.165) is 60.2 Å². The van der Waals surface area contributed by atoms with Crippen molar-refractivity contribution < 1.29 is 4.39 Å². The second kappa shape index (κ2) is 7.84. The van der Waals surface area contributed by atoms with Crippen LogP contribution in [0.4, 0.5) is 10.1 Å². The predicted molar refractivity (Wildman–Crippen MR) is 117 cm³/mol. The van der Waals surface area contributed by atoms with E-state index in [1.54, 1.807) is 18.3 Å². The Bertz CT molecular complexity index is 1190. The minimum absolute atomic E-state index is 0.271. The fraction of sp³-hybridized carbons (Fsp3) is 0.261. The molecule has 6 nitrogen and oxygen atoms in total. The van der Waals surface area contributed by atoms with Gasteiger partial charge in [-0.25, -0.2) is 4.39 Å². The van der Waals surface area contributed by atoms with Gasteiger partial charge in [0.25, 0.3) is 0 Å². The van der Waals surface area contributed by atoms with Crippen molar-refractivity contribution in [3.8, 4) is 22.5 Å². The lowest BCUT2D eigenvalue weighted by Crippen LogP contribution is -2.26. The Morgan fingerprint density at radius 1 is 1.07 bits per heavy atom. The monoisotopic (exact) mass is 402 g/mol. The second-order valence-electron chi connectivity index (χ2n) is 7.78. The largest absolute Gasteiger partial charge is 0.370 e. The lowest BCUT2D eigenvalue weighted by Gasteiger charge is -2.22. The average Bonchev–Trinajstić information content (AvgIpc) is 3.07. The Morgan fingerprint density at radius 2 is 1.97 bits per heavy atom. The fourth-order valence-electron chi connectivity index (χ4n) is 4.05. The van der Waals surface area contributed by atoms with Gasteiger partial charge in [0.05, 0.1) is 29.3 Å². The molecule has 1 saturated heterocycles. The lowest BCUT2D eigenvalue weighted by atomic mass is 10.1. The van der Waals surface area contributed by atoms with Crippen LogP contribution in [0, 0.1) is 5.82 Å². The van der Waals surface area contributed by atoms with Crippen molar-refractivity contribution in [2.24, 2.45) is 5.73 Å². The number of H-pyrrole nitrogens is 1. The Balaban J connectivity index is 1.52. The molecule has 30 heavy (non-hydrogen) atoms. The number of fused-ring (bicyclic) bond motifs is 1. The van der Waals surface area contributed by atoms with Crippen LogP contribution in [0.25, 0.3) is 33.4 Å². The summed E-state index contributed by atoms with van der Waals surface area (Å²) in [6, 6.07) is 11.0. The van der Waals surface area contributed by atoms with Crippen LogP contribution in [0.2, 0.25) is 0 Å².